The van der Waals surface area contributed by atoms with E-state index in [-0.39, 0.29) is 24.9 Å². The number of methoxy groups -OCH3 is 2. The van der Waals surface area contributed by atoms with Crippen molar-refractivity contribution >= 4 is 29.7 Å². The number of β-amino-alcohol motifs (C(OH)–C–C–N with tert-alkyl or cyclic N) is 1. The van der Waals surface area contributed by atoms with Gasteiger partial charge in [0.25, 0.3) is 5.91 Å². The second-order valence-corrected chi connectivity index (χ2v) is 8.51. The number of benzene rings is 2. The molecule has 1 saturated heterocycles. The van der Waals surface area contributed by atoms with E-state index >= 15 is 0 Å². The second-order valence-electron chi connectivity index (χ2n) is 7.51. The summed E-state index contributed by atoms with van der Waals surface area (Å²) in [5.41, 5.74) is 2.70. The van der Waals surface area contributed by atoms with E-state index in [2.05, 4.69) is 4.90 Å². The van der Waals surface area contributed by atoms with E-state index < -0.39 is 0 Å². The van der Waals surface area contributed by atoms with E-state index in [9.17, 15) is 4.79 Å². The lowest BCUT2D eigenvalue weighted by atomic mass is 10.1. The predicted molar refractivity (Wildman–Crippen MR) is 133 cm³/mol. The summed E-state index contributed by atoms with van der Waals surface area (Å²) in [5, 5.41) is 9.62. The number of amides is 1. The van der Waals surface area contributed by atoms with E-state index in [1.807, 2.05) is 53.4 Å². The number of thiazole rings is 1. The molecule has 33 heavy (non-hydrogen) atoms. The van der Waals surface area contributed by atoms with Gasteiger partial charge in [-0.05, 0) is 54.1 Å². The standard InChI is InChI=1S/C24H27N3O4S.ClH/c1-30-19-7-3-17(4-8-19)21-22(18-5-9-20(31-2)10-6-18)32-23(25-21)24(29)27-13-11-26(12-14-27)15-16-28;/h3-10,28H,11-16H2,1-2H3;1H. The van der Waals surface area contributed by atoms with Gasteiger partial charge in [0.1, 0.15) is 11.5 Å². The number of aromatic nitrogens is 1. The molecule has 1 aromatic heterocycles. The number of aliphatic hydroxyl groups is 1. The number of carbonyl (C=O) groups excluding carboxylic acids is 1. The van der Waals surface area contributed by atoms with Crippen molar-refractivity contribution in [3.05, 3.63) is 53.5 Å². The second kappa shape index (κ2) is 11.5. The number of hydrogen-bond acceptors (Lipinski definition) is 7. The maximum absolute atomic E-state index is 13.3. The number of halogens is 1. The van der Waals surface area contributed by atoms with Crippen LogP contribution in [0.3, 0.4) is 0 Å². The largest absolute Gasteiger partial charge is 0.497 e. The van der Waals surface area contributed by atoms with Gasteiger partial charge in [-0.25, -0.2) is 4.98 Å². The normalized spacial score (nSPS) is 14.0. The molecule has 176 valence electrons. The monoisotopic (exact) mass is 489 g/mol. The Labute approximate surface area is 204 Å². The number of nitrogens with zero attached hydrogens (tertiary/aromatic N) is 3. The number of piperazine rings is 1. The lowest BCUT2D eigenvalue weighted by Crippen LogP contribution is -2.49. The van der Waals surface area contributed by atoms with Gasteiger partial charge < -0.3 is 19.5 Å². The first-order valence-corrected chi connectivity index (χ1v) is 11.4. The molecule has 1 amide bonds. The molecule has 1 N–H and O–H groups in total. The Bertz CT molecular complexity index is 984. The number of aliphatic hydroxyl groups excluding tert-OH is 1. The molecule has 4 rings (SSSR count). The molecule has 1 aliphatic rings. The van der Waals surface area contributed by atoms with Crippen LogP contribution in [0.4, 0.5) is 0 Å². The van der Waals surface area contributed by atoms with E-state index in [0.29, 0.717) is 24.6 Å². The minimum Gasteiger partial charge on any atom is -0.497 e. The molecule has 0 aliphatic carbocycles. The van der Waals surface area contributed by atoms with Crippen LogP contribution in [0, 0.1) is 0 Å². The average molecular weight is 490 g/mol. The summed E-state index contributed by atoms with van der Waals surface area (Å²) < 4.78 is 10.6. The van der Waals surface area contributed by atoms with Gasteiger partial charge in [0.2, 0.25) is 0 Å². The minimum absolute atomic E-state index is 0. The van der Waals surface area contributed by atoms with Crippen LogP contribution in [-0.2, 0) is 0 Å². The van der Waals surface area contributed by atoms with Crippen molar-refractivity contribution in [2.75, 3.05) is 53.6 Å². The van der Waals surface area contributed by atoms with Gasteiger partial charge in [-0.3, -0.25) is 9.69 Å². The lowest BCUT2D eigenvalue weighted by molar-refractivity contribution is 0.0614. The number of ether oxygens (including phenoxy) is 2. The zero-order valence-electron chi connectivity index (χ0n) is 18.7. The topological polar surface area (TPSA) is 75.1 Å². The van der Waals surface area contributed by atoms with Crippen molar-refractivity contribution in [1.29, 1.82) is 0 Å². The zero-order valence-corrected chi connectivity index (χ0v) is 20.3. The summed E-state index contributed by atoms with van der Waals surface area (Å²) in [6.07, 6.45) is 0. The van der Waals surface area contributed by atoms with Crippen LogP contribution in [0.15, 0.2) is 48.5 Å². The smallest absolute Gasteiger partial charge is 0.282 e. The van der Waals surface area contributed by atoms with Crippen LogP contribution in [0.1, 0.15) is 9.80 Å². The summed E-state index contributed by atoms with van der Waals surface area (Å²) in [4.78, 5) is 23.0. The predicted octanol–water partition coefficient (Wildman–Crippen LogP) is 3.67. The Hall–Kier alpha value is -2.65. The summed E-state index contributed by atoms with van der Waals surface area (Å²) >= 11 is 1.42. The first kappa shape index (κ1) is 25.0. The number of carbonyl (C=O) groups is 1. The highest BCUT2D eigenvalue weighted by Crippen LogP contribution is 2.38. The fourth-order valence-corrected chi connectivity index (χ4v) is 4.81. The Morgan fingerprint density at radius 2 is 1.48 bits per heavy atom. The van der Waals surface area contributed by atoms with Crippen LogP contribution in [0.2, 0.25) is 0 Å². The van der Waals surface area contributed by atoms with Crippen LogP contribution < -0.4 is 9.47 Å². The fraction of sp³-hybridized carbons (Fsp3) is 0.333. The Balaban J connectivity index is 0.00000306. The molecular formula is C24H28ClN3O4S. The highest BCUT2D eigenvalue weighted by Gasteiger charge is 2.26. The van der Waals surface area contributed by atoms with Crippen molar-refractivity contribution in [2.45, 2.75) is 0 Å². The van der Waals surface area contributed by atoms with Crippen molar-refractivity contribution in [3.63, 3.8) is 0 Å². The first-order valence-electron chi connectivity index (χ1n) is 10.5. The number of hydrogen-bond donors (Lipinski definition) is 1. The molecular weight excluding hydrogens is 462 g/mol. The van der Waals surface area contributed by atoms with Crippen LogP contribution in [-0.4, -0.2) is 79.3 Å². The molecule has 2 heterocycles. The van der Waals surface area contributed by atoms with Crippen molar-refractivity contribution < 1.29 is 19.4 Å². The minimum atomic E-state index is -0.0480. The molecule has 2 aromatic carbocycles. The first-order chi connectivity index (χ1) is 15.6. The maximum atomic E-state index is 13.3. The molecule has 0 bridgehead atoms. The fourth-order valence-electron chi connectivity index (χ4n) is 3.75. The summed E-state index contributed by atoms with van der Waals surface area (Å²) in [6, 6.07) is 15.5. The molecule has 0 saturated carbocycles. The molecule has 7 nitrogen and oxygen atoms in total. The Morgan fingerprint density at radius 1 is 0.939 bits per heavy atom. The van der Waals surface area contributed by atoms with Gasteiger partial charge in [-0.15, -0.1) is 23.7 Å². The van der Waals surface area contributed by atoms with Crippen molar-refractivity contribution in [3.8, 4) is 33.2 Å². The SMILES string of the molecule is COc1ccc(-c2nc(C(=O)N3CCN(CCO)CC3)sc2-c2ccc(OC)cc2)cc1.Cl. The van der Waals surface area contributed by atoms with E-state index in [0.717, 1.165) is 46.3 Å². The summed E-state index contributed by atoms with van der Waals surface area (Å²) in [5.74, 6) is 1.50. The zero-order chi connectivity index (χ0) is 22.5. The lowest BCUT2D eigenvalue weighted by Gasteiger charge is -2.33. The molecule has 0 atom stereocenters. The quantitative estimate of drug-likeness (QED) is 0.546. The Kier molecular flexibility index (Phi) is 8.68. The van der Waals surface area contributed by atoms with Crippen LogP contribution >= 0.6 is 23.7 Å². The van der Waals surface area contributed by atoms with Gasteiger partial charge in [0.15, 0.2) is 5.01 Å². The Morgan fingerprint density at radius 3 is 2.00 bits per heavy atom. The van der Waals surface area contributed by atoms with E-state index in [1.54, 1.807) is 14.2 Å². The molecule has 9 heteroatoms. The van der Waals surface area contributed by atoms with Crippen LogP contribution in [0.5, 0.6) is 11.5 Å². The molecule has 0 radical (unpaired) electrons. The molecule has 3 aromatic rings. The van der Waals surface area contributed by atoms with Gasteiger partial charge in [-0.1, -0.05) is 0 Å². The third kappa shape index (κ3) is 5.65. The number of rotatable bonds is 7. The molecule has 1 aliphatic heterocycles. The van der Waals surface area contributed by atoms with E-state index in [1.165, 1.54) is 11.3 Å². The maximum Gasteiger partial charge on any atom is 0.282 e. The molecule has 0 spiro atoms. The van der Waals surface area contributed by atoms with Crippen molar-refractivity contribution in [2.24, 2.45) is 0 Å². The average Bonchev–Trinajstić information content (AvgIpc) is 3.30. The highest BCUT2D eigenvalue weighted by atomic mass is 35.5. The van der Waals surface area contributed by atoms with Gasteiger partial charge in [-0.2, -0.15) is 0 Å². The van der Waals surface area contributed by atoms with Gasteiger partial charge in [0, 0.05) is 38.3 Å². The third-order valence-corrected chi connectivity index (χ3v) is 6.69. The van der Waals surface area contributed by atoms with Gasteiger partial charge >= 0.3 is 0 Å². The van der Waals surface area contributed by atoms with E-state index in [4.69, 9.17) is 19.6 Å². The van der Waals surface area contributed by atoms with Gasteiger partial charge in [0.05, 0.1) is 31.4 Å². The third-order valence-electron chi connectivity index (χ3n) is 5.60. The highest BCUT2D eigenvalue weighted by molar-refractivity contribution is 7.17. The molecule has 0 unspecified atom stereocenters. The van der Waals surface area contributed by atoms with Crippen LogP contribution in [0.25, 0.3) is 21.7 Å². The summed E-state index contributed by atoms with van der Waals surface area (Å²) in [6.45, 7) is 3.56. The van der Waals surface area contributed by atoms with Crippen molar-refractivity contribution in [1.82, 2.24) is 14.8 Å². The summed E-state index contributed by atoms with van der Waals surface area (Å²) in [7, 11) is 3.28. The molecule has 1 fully saturated rings.